The van der Waals surface area contributed by atoms with Crippen LogP contribution in [0.3, 0.4) is 0 Å². The third-order valence-corrected chi connectivity index (χ3v) is 6.30. The van der Waals surface area contributed by atoms with Crippen LogP contribution in [0.5, 0.6) is 0 Å². The van der Waals surface area contributed by atoms with Crippen molar-refractivity contribution in [2.24, 2.45) is 5.92 Å². The molecule has 1 aliphatic carbocycles. The van der Waals surface area contributed by atoms with Crippen LogP contribution in [0.1, 0.15) is 30.4 Å². The molecule has 0 unspecified atom stereocenters. The zero-order chi connectivity index (χ0) is 15.0. The van der Waals surface area contributed by atoms with E-state index in [0.29, 0.717) is 24.3 Å². The monoisotopic (exact) mass is 309 g/mol. The van der Waals surface area contributed by atoms with Crippen LogP contribution in [-0.2, 0) is 27.7 Å². The number of carboxylic acids is 1. The van der Waals surface area contributed by atoms with Crippen LogP contribution in [0.25, 0.3) is 0 Å². The molecule has 1 saturated heterocycles. The van der Waals surface area contributed by atoms with Crippen molar-refractivity contribution in [2.75, 3.05) is 13.1 Å². The lowest BCUT2D eigenvalue weighted by atomic mass is 10.0. The molecular formula is C15H19NO4S. The number of nitrogens with zero attached hydrogens (tertiary/aromatic N) is 1. The Morgan fingerprint density at radius 3 is 2.71 bits per heavy atom. The SMILES string of the molecule is O=C(O)[C@@H]1CCCN(S(=O)(=O)c2ccc3c(c2)CCC3)C1. The first-order chi connectivity index (χ1) is 9.98. The second-order valence-corrected chi connectivity index (χ2v) is 7.76. The van der Waals surface area contributed by atoms with Crippen LogP contribution in [-0.4, -0.2) is 36.9 Å². The van der Waals surface area contributed by atoms with E-state index in [2.05, 4.69) is 0 Å². The number of rotatable bonds is 3. The molecule has 0 spiro atoms. The van der Waals surface area contributed by atoms with Crippen LogP contribution in [0.4, 0.5) is 0 Å². The molecule has 0 amide bonds. The van der Waals surface area contributed by atoms with Gasteiger partial charge in [-0.15, -0.1) is 0 Å². The van der Waals surface area contributed by atoms with Gasteiger partial charge in [-0.25, -0.2) is 8.42 Å². The quantitative estimate of drug-likeness (QED) is 0.921. The van der Waals surface area contributed by atoms with Gasteiger partial charge < -0.3 is 5.11 Å². The summed E-state index contributed by atoms with van der Waals surface area (Å²) in [6.45, 7) is 0.484. The summed E-state index contributed by atoms with van der Waals surface area (Å²) < 4.78 is 26.7. The van der Waals surface area contributed by atoms with Gasteiger partial charge in [0.1, 0.15) is 0 Å². The number of aryl methyl sites for hydroxylation is 2. The number of hydrogen-bond acceptors (Lipinski definition) is 3. The number of fused-ring (bicyclic) bond motifs is 1. The number of carboxylic acid groups (broad SMARTS) is 1. The van der Waals surface area contributed by atoms with Gasteiger partial charge in [-0.1, -0.05) is 6.07 Å². The first-order valence-electron chi connectivity index (χ1n) is 7.33. The minimum absolute atomic E-state index is 0.0781. The Balaban J connectivity index is 1.88. The summed E-state index contributed by atoms with van der Waals surface area (Å²) in [6.07, 6.45) is 4.16. The minimum Gasteiger partial charge on any atom is -0.481 e. The summed E-state index contributed by atoms with van der Waals surface area (Å²) >= 11 is 0. The Labute approximate surface area is 124 Å². The highest BCUT2D eigenvalue weighted by atomic mass is 32.2. The van der Waals surface area contributed by atoms with Gasteiger partial charge in [-0.2, -0.15) is 4.31 Å². The average molecular weight is 309 g/mol. The topological polar surface area (TPSA) is 74.7 Å². The highest BCUT2D eigenvalue weighted by Gasteiger charge is 2.33. The predicted molar refractivity (Wildman–Crippen MR) is 77.6 cm³/mol. The van der Waals surface area contributed by atoms with E-state index in [1.54, 1.807) is 12.1 Å². The fourth-order valence-electron chi connectivity index (χ4n) is 3.22. The van der Waals surface area contributed by atoms with Gasteiger partial charge in [0.25, 0.3) is 0 Å². The molecule has 1 N–H and O–H groups in total. The highest BCUT2D eigenvalue weighted by Crippen LogP contribution is 2.28. The summed E-state index contributed by atoms with van der Waals surface area (Å²) in [7, 11) is -3.58. The van der Waals surface area contributed by atoms with Gasteiger partial charge in [-0.05, 0) is 55.4 Å². The van der Waals surface area contributed by atoms with Crippen molar-refractivity contribution < 1.29 is 18.3 Å². The number of hydrogen-bond donors (Lipinski definition) is 1. The van der Waals surface area contributed by atoms with E-state index in [4.69, 9.17) is 5.11 Å². The number of piperidine rings is 1. The number of carbonyl (C=O) groups is 1. The maximum Gasteiger partial charge on any atom is 0.307 e. The predicted octanol–water partition coefficient (Wildman–Crippen LogP) is 1.66. The second-order valence-electron chi connectivity index (χ2n) is 5.82. The van der Waals surface area contributed by atoms with Gasteiger partial charge in [0.05, 0.1) is 10.8 Å². The highest BCUT2D eigenvalue weighted by molar-refractivity contribution is 7.89. The van der Waals surface area contributed by atoms with Crippen molar-refractivity contribution in [3.8, 4) is 0 Å². The third-order valence-electron chi connectivity index (χ3n) is 4.44. The van der Waals surface area contributed by atoms with Crippen molar-refractivity contribution in [3.63, 3.8) is 0 Å². The largest absolute Gasteiger partial charge is 0.481 e. The maximum atomic E-state index is 12.7. The smallest absolute Gasteiger partial charge is 0.307 e. The molecule has 114 valence electrons. The number of benzene rings is 1. The summed E-state index contributed by atoms with van der Waals surface area (Å²) in [5, 5.41) is 9.10. The van der Waals surface area contributed by atoms with Gasteiger partial charge in [0.2, 0.25) is 10.0 Å². The van der Waals surface area contributed by atoms with Crippen molar-refractivity contribution in [1.29, 1.82) is 0 Å². The molecule has 0 saturated carbocycles. The molecule has 1 heterocycles. The molecule has 21 heavy (non-hydrogen) atoms. The molecule has 0 bridgehead atoms. The number of aliphatic carboxylic acids is 1. The second kappa shape index (κ2) is 5.42. The van der Waals surface area contributed by atoms with Crippen LogP contribution in [0.2, 0.25) is 0 Å². The van der Waals surface area contributed by atoms with Gasteiger partial charge in [0, 0.05) is 13.1 Å². The number of sulfonamides is 1. The van der Waals surface area contributed by atoms with E-state index in [0.717, 1.165) is 24.8 Å². The molecule has 5 nitrogen and oxygen atoms in total. The molecule has 6 heteroatoms. The molecule has 1 atom stereocenters. The zero-order valence-corrected chi connectivity index (χ0v) is 12.6. The lowest BCUT2D eigenvalue weighted by Crippen LogP contribution is -2.42. The molecular weight excluding hydrogens is 290 g/mol. The Morgan fingerprint density at radius 1 is 1.19 bits per heavy atom. The Kier molecular flexibility index (Phi) is 3.75. The van der Waals surface area contributed by atoms with Crippen molar-refractivity contribution in [2.45, 2.75) is 37.0 Å². The maximum absolute atomic E-state index is 12.7. The lowest BCUT2D eigenvalue weighted by Gasteiger charge is -2.29. The van der Waals surface area contributed by atoms with E-state index >= 15 is 0 Å². The van der Waals surface area contributed by atoms with Crippen molar-refractivity contribution in [1.82, 2.24) is 4.31 Å². The average Bonchev–Trinajstić information content (AvgIpc) is 2.94. The Bertz CT molecular complexity index is 668. The molecule has 3 rings (SSSR count). The van der Waals surface area contributed by atoms with E-state index in [1.165, 1.54) is 9.87 Å². The van der Waals surface area contributed by atoms with Crippen molar-refractivity contribution >= 4 is 16.0 Å². The molecule has 0 radical (unpaired) electrons. The normalized spacial score (nSPS) is 23.0. The molecule has 0 aromatic heterocycles. The summed E-state index contributed by atoms with van der Waals surface area (Å²) in [4.78, 5) is 11.4. The minimum atomic E-state index is -3.58. The van der Waals surface area contributed by atoms with Gasteiger partial charge in [-0.3, -0.25) is 4.79 Å². The van der Waals surface area contributed by atoms with Crippen LogP contribution in [0, 0.1) is 5.92 Å². The van der Waals surface area contributed by atoms with E-state index in [-0.39, 0.29) is 6.54 Å². The van der Waals surface area contributed by atoms with Crippen LogP contribution < -0.4 is 0 Å². The first kappa shape index (κ1) is 14.5. The van der Waals surface area contributed by atoms with E-state index in [1.807, 2.05) is 6.07 Å². The first-order valence-corrected chi connectivity index (χ1v) is 8.77. The van der Waals surface area contributed by atoms with Crippen LogP contribution in [0.15, 0.2) is 23.1 Å². The molecule has 1 fully saturated rings. The Morgan fingerprint density at radius 2 is 1.95 bits per heavy atom. The van der Waals surface area contributed by atoms with Gasteiger partial charge in [0.15, 0.2) is 0 Å². The van der Waals surface area contributed by atoms with Crippen LogP contribution >= 0.6 is 0 Å². The van der Waals surface area contributed by atoms with Gasteiger partial charge >= 0.3 is 5.97 Å². The standard InChI is InChI=1S/C15H19NO4S/c17-15(18)13-5-2-8-16(10-13)21(19,20)14-7-6-11-3-1-4-12(11)9-14/h6-7,9,13H,1-5,8,10H2,(H,17,18)/t13-/m1/s1. The zero-order valence-electron chi connectivity index (χ0n) is 11.8. The van der Waals surface area contributed by atoms with E-state index in [9.17, 15) is 13.2 Å². The van der Waals surface area contributed by atoms with Crippen molar-refractivity contribution in [3.05, 3.63) is 29.3 Å². The van der Waals surface area contributed by atoms with E-state index < -0.39 is 21.9 Å². The molecule has 2 aliphatic rings. The summed E-state index contributed by atoms with van der Waals surface area (Å²) in [5.41, 5.74) is 2.35. The fraction of sp³-hybridized carbons (Fsp3) is 0.533. The Hall–Kier alpha value is -1.40. The third kappa shape index (κ3) is 2.70. The molecule has 1 aromatic carbocycles. The fourth-order valence-corrected chi connectivity index (χ4v) is 4.80. The molecule has 1 aromatic rings. The summed E-state index contributed by atoms with van der Waals surface area (Å²) in [5.74, 6) is -1.51. The lowest BCUT2D eigenvalue weighted by molar-refractivity contribution is -0.142. The molecule has 1 aliphatic heterocycles. The summed E-state index contributed by atoms with van der Waals surface area (Å²) in [6, 6.07) is 5.32.